The molecule has 4 amide bonds. The molecule has 1 fully saturated rings. The topological polar surface area (TPSA) is 116 Å². The number of phenols is 1. The van der Waals surface area contributed by atoms with Crippen molar-refractivity contribution in [1.29, 1.82) is 0 Å². The van der Waals surface area contributed by atoms with Crippen molar-refractivity contribution < 1.29 is 24.3 Å². The Kier molecular flexibility index (Phi) is 6.20. The van der Waals surface area contributed by atoms with Crippen molar-refractivity contribution in [3.63, 3.8) is 0 Å². The van der Waals surface area contributed by atoms with Crippen molar-refractivity contribution in [1.82, 2.24) is 15.5 Å². The molecule has 1 saturated carbocycles. The van der Waals surface area contributed by atoms with Crippen LogP contribution >= 0.6 is 0 Å². The standard InChI is InChI=1S/C24H25N3O5/c28-20-9-5-4-8-18(20)22(30)26-13-12-25-21(29)15-10-11-17-19(14-15)24(32)27(23(17)31)16-6-2-1-3-7-16/h4-5,8-11,14,16,28H,1-3,6-7,12-13H2,(H,25,29)(H,26,30). The summed E-state index contributed by atoms with van der Waals surface area (Å²) >= 11 is 0. The van der Waals surface area contributed by atoms with E-state index in [1.165, 1.54) is 35.2 Å². The molecule has 2 aromatic carbocycles. The molecule has 1 aliphatic carbocycles. The highest BCUT2D eigenvalue weighted by atomic mass is 16.3. The van der Waals surface area contributed by atoms with E-state index >= 15 is 0 Å². The van der Waals surface area contributed by atoms with Crippen molar-refractivity contribution in [3.05, 3.63) is 64.7 Å². The van der Waals surface area contributed by atoms with Gasteiger partial charge in [0.25, 0.3) is 23.6 Å². The zero-order valence-corrected chi connectivity index (χ0v) is 17.6. The number of fused-ring (bicyclic) bond motifs is 1. The lowest BCUT2D eigenvalue weighted by atomic mass is 9.94. The summed E-state index contributed by atoms with van der Waals surface area (Å²) in [5.41, 5.74) is 1.04. The van der Waals surface area contributed by atoms with Gasteiger partial charge in [0.15, 0.2) is 0 Å². The van der Waals surface area contributed by atoms with E-state index in [2.05, 4.69) is 10.6 Å². The first-order valence-corrected chi connectivity index (χ1v) is 10.8. The monoisotopic (exact) mass is 435 g/mol. The van der Waals surface area contributed by atoms with Crippen molar-refractivity contribution in [2.45, 2.75) is 38.1 Å². The van der Waals surface area contributed by atoms with Crippen LogP contribution < -0.4 is 10.6 Å². The summed E-state index contributed by atoms with van der Waals surface area (Å²) in [6.07, 6.45) is 4.78. The van der Waals surface area contributed by atoms with Gasteiger partial charge >= 0.3 is 0 Å². The second kappa shape index (κ2) is 9.21. The summed E-state index contributed by atoms with van der Waals surface area (Å²) < 4.78 is 0. The first-order chi connectivity index (χ1) is 15.5. The van der Waals surface area contributed by atoms with Gasteiger partial charge in [-0.1, -0.05) is 31.4 Å². The third kappa shape index (κ3) is 4.21. The number of amides is 4. The normalized spacial score (nSPS) is 16.1. The minimum Gasteiger partial charge on any atom is -0.507 e. The fraction of sp³-hybridized carbons (Fsp3) is 0.333. The van der Waals surface area contributed by atoms with E-state index in [1.54, 1.807) is 12.1 Å². The Balaban J connectivity index is 1.34. The number of carbonyl (C=O) groups is 4. The maximum atomic E-state index is 12.9. The number of nitrogens with zero attached hydrogens (tertiary/aromatic N) is 1. The Morgan fingerprint density at radius 1 is 0.875 bits per heavy atom. The summed E-state index contributed by atoms with van der Waals surface area (Å²) in [7, 11) is 0. The van der Waals surface area contributed by atoms with Gasteiger partial charge in [-0.3, -0.25) is 24.1 Å². The number of hydrogen-bond donors (Lipinski definition) is 3. The van der Waals surface area contributed by atoms with Crippen LogP contribution in [0, 0.1) is 0 Å². The first-order valence-electron chi connectivity index (χ1n) is 10.8. The van der Waals surface area contributed by atoms with Gasteiger partial charge in [-0.2, -0.15) is 0 Å². The van der Waals surface area contributed by atoms with E-state index < -0.39 is 11.8 Å². The van der Waals surface area contributed by atoms with Crippen molar-refractivity contribution in [3.8, 4) is 5.75 Å². The van der Waals surface area contributed by atoms with Gasteiger partial charge in [-0.15, -0.1) is 0 Å². The van der Waals surface area contributed by atoms with Crippen LogP contribution in [0.25, 0.3) is 0 Å². The van der Waals surface area contributed by atoms with Crippen LogP contribution in [0.15, 0.2) is 42.5 Å². The highest BCUT2D eigenvalue weighted by Gasteiger charge is 2.40. The number of phenolic OH excluding ortho intramolecular Hbond substituents is 1. The Labute approximate surface area is 185 Å². The number of nitrogens with one attached hydrogen (secondary N) is 2. The molecule has 166 valence electrons. The number of rotatable bonds is 6. The van der Waals surface area contributed by atoms with Crippen LogP contribution in [0.1, 0.15) is 73.5 Å². The summed E-state index contributed by atoms with van der Waals surface area (Å²) in [4.78, 5) is 51.6. The van der Waals surface area contributed by atoms with Gasteiger partial charge in [-0.25, -0.2) is 0 Å². The van der Waals surface area contributed by atoms with Crippen molar-refractivity contribution in [2.24, 2.45) is 0 Å². The number of aromatic hydroxyl groups is 1. The number of hydrogen-bond acceptors (Lipinski definition) is 5. The second-order valence-electron chi connectivity index (χ2n) is 8.06. The van der Waals surface area contributed by atoms with Crippen LogP contribution in [-0.2, 0) is 0 Å². The number of carbonyl (C=O) groups excluding carboxylic acids is 4. The van der Waals surface area contributed by atoms with Crippen LogP contribution in [0.4, 0.5) is 0 Å². The van der Waals surface area contributed by atoms with Crippen LogP contribution in [0.2, 0.25) is 0 Å². The highest BCUT2D eigenvalue weighted by Crippen LogP contribution is 2.31. The quantitative estimate of drug-likeness (QED) is 0.476. The van der Waals surface area contributed by atoms with E-state index in [0.29, 0.717) is 5.56 Å². The third-order valence-electron chi connectivity index (χ3n) is 5.96. The molecule has 1 heterocycles. The molecule has 1 aliphatic heterocycles. The summed E-state index contributed by atoms with van der Waals surface area (Å²) in [6, 6.07) is 10.7. The third-order valence-corrected chi connectivity index (χ3v) is 5.96. The predicted octanol–water partition coefficient (Wildman–Crippen LogP) is 2.48. The Bertz CT molecular complexity index is 1080. The average Bonchev–Trinajstić information content (AvgIpc) is 3.06. The molecule has 2 aromatic rings. The molecule has 3 N–H and O–H groups in total. The summed E-state index contributed by atoms with van der Waals surface area (Å²) in [6.45, 7) is 0.326. The second-order valence-corrected chi connectivity index (χ2v) is 8.06. The molecule has 0 unspecified atom stereocenters. The van der Waals surface area contributed by atoms with E-state index in [-0.39, 0.29) is 53.4 Å². The Hall–Kier alpha value is -3.68. The largest absolute Gasteiger partial charge is 0.507 e. The fourth-order valence-corrected chi connectivity index (χ4v) is 4.29. The van der Waals surface area contributed by atoms with E-state index in [0.717, 1.165) is 32.1 Å². The first kappa shape index (κ1) is 21.5. The van der Waals surface area contributed by atoms with Gasteiger partial charge in [0.05, 0.1) is 16.7 Å². The molecule has 0 bridgehead atoms. The van der Waals surface area contributed by atoms with E-state index in [9.17, 15) is 24.3 Å². The molecule has 0 atom stereocenters. The minimum absolute atomic E-state index is 0.0684. The zero-order chi connectivity index (χ0) is 22.7. The van der Waals surface area contributed by atoms with E-state index in [1.807, 2.05) is 0 Å². The van der Waals surface area contributed by atoms with Gasteiger partial charge < -0.3 is 15.7 Å². The summed E-state index contributed by atoms with van der Waals surface area (Å²) in [5, 5.41) is 15.0. The molecule has 2 aliphatic rings. The summed E-state index contributed by atoms with van der Waals surface area (Å²) in [5.74, 6) is -1.58. The molecule has 0 spiro atoms. The molecular formula is C24H25N3O5. The van der Waals surface area contributed by atoms with Crippen molar-refractivity contribution in [2.75, 3.05) is 13.1 Å². The SMILES string of the molecule is O=C(NCCNC(=O)c1ccccc1O)c1ccc2c(c1)C(=O)N(C1CCCCC1)C2=O. The maximum absolute atomic E-state index is 12.9. The molecule has 0 aromatic heterocycles. The van der Waals surface area contributed by atoms with Gasteiger partial charge in [0.1, 0.15) is 5.75 Å². The van der Waals surface area contributed by atoms with Gasteiger partial charge in [0, 0.05) is 24.7 Å². The Morgan fingerprint density at radius 2 is 1.53 bits per heavy atom. The average molecular weight is 435 g/mol. The maximum Gasteiger partial charge on any atom is 0.261 e. The number of imide groups is 1. The fourth-order valence-electron chi connectivity index (χ4n) is 4.29. The molecule has 0 saturated heterocycles. The van der Waals surface area contributed by atoms with E-state index in [4.69, 9.17) is 0 Å². The van der Waals surface area contributed by atoms with Crippen LogP contribution in [0.5, 0.6) is 5.75 Å². The lowest BCUT2D eigenvalue weighted by Crippen LogP contribution is -2.40. The zero-order valence-electron chi connectivity index (χ0n) is 17.6. The smallest absolute Gasteiger partial charge is 0.261 e. The number of benzene rings is 2. The van der Waals surface area contributed by atoms with Gasteiger partial charge in [-0.05, 0) is 43.2 Å². The van der Waals surface area contributed by atoms with Crippen molar-refractivity contribution >= 4 is 23.6 Å². The molecule has 0 radical (unpaired) electrons. The molecule has 8 heteroatoms. The van der Waals surface area contributed by atoms with Crippen LogP contribution in [-0.4, -0.2) is 52.8 Å². The van der Waals surface area contributed by atoms with Crippen LogP contribution in [0.3, 0.4) is 0 Å². The lowest BCUT2D eigenvalue weighted by molar-refractivity contribution is 0.0548. The number of para-hydroxylation sites is 1. The minimum atomic E-state index is -0.443. The Morgan fingerprint density at radius 3 is 2.25 bits per heavy atom. The molecular weight excluding hydrogens is 410 g/mol. The molecule has 4 rings (SSSR count). The predicted molar refractivity (Wildman–Crippen MR) is 117 cm³/mol. The van der Waals surface area contributed by atoms with Gasteiger partial charge in [0.2, 0.25) is 0 Å². The lowest BCUT2D eigenvalue weighted by Gasteiger charge is -2.29. The molecule has 8 nitrogen and oxygen atoms in total. The highest BCUT2D eigenvalue weighted by molar-refractivity contribution is 6.22. The molecule has 32 heavy (non-hydrogen) atoms.